The average molecular weight is 335 g/mol. The van der Waals surface area contributed by atoms with Crippen LogP contribution in [0.3, 0.4) is 0 Å². The Morgan fingerprint density at radius 3 is 2.17 bits per heavy atom. The third-order valence-electron chi connectivity index (χ3n) is 3.06. The second-order valence-corrected chi connectivity index (χ2v) is 6.37. The van der Waals surface area contributed by atoms with Crippen molar-refractivity contribution < 1.29 is 28.2 Å². The summed E-state index contributed by atoms with van der Waals surface area (Å²) >= 11 is 0. The van der Waals surface area contributed by atoms with Crippen LogP contribution in [0.15, 0.2) is 53.4 Å². The van der Waals surface area contributed by atoms with E-state index in [2.05, 4.69) is 4.72 Å². The molecule has 0 saturated carbocycles. The molecule has 120 valence electrons. The van der Waals surface area contributed by atoms with Crippen molar-refractivity contribution in [2.75, 3.05) is 0 Å². The monoisotopic (exact) mass is 335 g/mol. The van der Waals surface area contributed by atoms with E-state index in [0.717, 1.165) is 18.2 Å². The lowest BCUT2D eigenvalue weighted by Crippen LogP contribution is -2.25. The molecule has 23 heavy (non-hydrogen) atoms. The Bertz CT molecular complexity index is 846. The lowest BCUT2D eigenvalue weighted by atomic mass is 10.1. The Labute approximate surface area is 132 Å². The number of nitrogens with one attached hydrogen (secondary N) is 1. The number of sulfonamides is 1. The Hall–Kier alpha value is -2.71. The Morgan fingerprint density at radius 1 is 0.957 bits per heavy atom. The number of benzene rings is 2. The highest BCUT2D eigenvalue weighted by Crippen LogP contribution is 2.18. The van der Waals surface area contributed by atoms with Crippen molar-refractivity contribution in [2.45, 2.75) is 11.4 Å². The molecule has 0 amide bonds. The highest BCUT2D eigenvalue weighted by molar-refractivity contribution is 7.89. The quantitative estimate of drug-likeness (QED) is 0.737. The molecule has 8 heteroatoms. The molecule has 3 N–H and O–H groups in total. The molecular formula is C15H13NO6S. The molecule has 0 radical (unpaired) electrons. The standard InChI is InChI=1S/C15H13NO6S/c17-14(18)11-6-7-12(15(19)20)13(8-11)23(21,22)16-9-10-4-2-1-3-5-10/h1-8,16H,9H2,(H,17,18)(H,19,20). The molecule has 0 aliphatic rings. The Morgan fingerprint density at radius 2 is 1.61 bits per heavy atom. The van der Waals surface area contributed by atoms with E-state index >= 15 is 0 Å². The second kappa shape index (κ2) is 6.59. The highest BCUT2D eigenvalue weighted by atomic mass is 32.2. The molecule has 0 aliphatic carbocycles. The molecule has 0 heterocycles. The van der Waals surface area contributed by atoms with Crippen LogP contribution in [0.5, 0.6) is 0 Å². The van der Waals surface area contributed by atoms with Crippen molar-refractivity contribution in [2.24, 2.45) is 0 Å². The van der Waals surface area contributed by atoms with E-state index < -0.39 is 32.4 Å². The highest BCUT2D eigenvalue weighted by Gasteiger charge is 2.23. The lowest BCUT2D eigenvalue weighted by Gasteiger charge is -2.10. The zero-order valence-corrected chi connectivity index (χ0v) is 12.6. The van der Waals surface area contributed by atoms with Gasteiger partial charge < -0.3 is 10.2 Å². The molecule has 0 saturated heterocycles. The fourth-order valence-electron chi connectivity index (χ4n) is 1.91. The van der Waals surface area contributed by atoms with E-state index in [1.165, 1.54) is 0 Å². The average Bonchev–Trinajstić information content (AvgIpc) is 2.53. The van der Waals surface area contributed by atoms with Crippen LogP contribution in [0.2, 0.25) is 0 Å². The normalized spacial score (nSPS) is 11.1. The molecule has 0 bridgehead atoms. The van der Waals surface area contributed by atoms with Gasteiger partial charge in [-0.3, -0.25) is 0 Å². The van der Waals surface area contributed by atoms with Crippen molar-refractivity contribution in [3.05, 3.63) is 65.2 Å². The molecule has 0 atom stereocenters. The number of rotatable bonds is 6. The van der Waals surface area contributed by atoms with E-state index in [9.17, 15) is 18.0 Å². The van der Waals surface area contributed by atoms with Gasteiger partial charge in [-0.2, -0.15) is 0 Å². The summed E-state index contributed by atoms with van der Waals surface area (Å²) in [4.78, 5) is 21.6. The molecule has 0 aliphatic heterocycles. The summed E-state index contributed by atoms with van der Waals surface area (Å²) in [6, 6.07) is 11.5. The van der Waals surface area contributed by atoms with Crippen LogP contribution in [-0.4, -0.2) is 30.6 Å². The van der Waals surface area contributed by atoms with Gasteiger partial charge in [-0.25, -0.2) is 22.7 Å². The summed E-state index contributed by atoms with van der Waals surface area (Å²) in [7, 11) is -4.18. The number of carboxylic acids is 2. The van der Waals surface area contributed by atoms with E-state index in [1.54, 1.807) is 30.3 Å². The minimum absolute atomic E-state index is 0.0421. The number of carboxylic acid groups (broad SMARTS) is 2. The molecule has 2 aromatic rings. The predicted octanol–water partition coefficient (Wildman–Crippen LogP) is 1.56. The third kappa shape index (κ3) is 3.93. The van der Waals surface area contributed by atoms with Crippen molar-refractivity contribution in [3.63, 3.8) is 0 Å². The van der Waals surface area contributed by atoms with Crippen LogP contribution in [0.4, 0.5) is 0 Å². The Balaban J connectivity index is 2.39. The molecule has 0 aromatic heterocycles. The maximum atomic E-state index is 12.3. The van der Waals surface area contributed by atoms with Crippen LogP contribution in [0.1, 0.15) is 26.3 Å². The molecule has 0 spiro atoms. The van der Waals surface area contributed by atoms with Gasteiger partial charge >= 0.3 is 11.9 Å². The summed E-state index contributed by atoms with van der Waals surface area (Å²) in [6.45, 7) is -0.0421. The van der Waals surface area contributed by atoms with Crippen LogP contribution < -0.4 is 4.72 Å². The minimum atomic E-state index is -4.18. The fourth-order valence-corrected chi connectivity index (χ4v) is 3.15. The van der Waals surface area contributed by atoms with Gasteiger partial charge in [0.2, 0.25) is 10.0 Å². The predicted molar refractivity (Wildman–Crippen MR) is 80.8 cm³/mol. The van der Waals surface area contributed by atoms with Gasteiger partial charge in [0.25, 0.3) is 0 Å². The van der Waals surface area contributed by atoms with Gasteiger partial charge in [0, 0.05) is 6.54 Å². The SMILES string of the molecule is O=C(O)c1ccc(C(=O)O)c(S(=O)(=O)NCc2ccccc2)c1. The summed E-state index contributed by atoms with van der Waals surface area (Å²) in [5.74, 6) is -2.80. The summed E-state index contributed by atoms with van der Waals surface area (Å²) in [5, 5.41) is 18.1. The fraction of sp³-hybridized carbons (Fsp3) is 0.0667. The summed E-state index contributed by atoms with van der Waals surface area (Å²) < 4.78 is 26.9. The van der Waals surface area contributed by atoms with Crippen LogP contribution in [0, 0.1) is 0 Å². The molecule has 0 unspecified atom stereocenters. The number of hydrogen-bond donors (Lipinski definition) is 3. The van der Waals surface area contributed by atoms with Crippen molar-refractivity contribution in [1.29, 1.82) is 0 Å². The van der Waals surface area contributed by atoms with Crippen LogP contribution in [-0.2, 0) is 16.6 Å². The van der Waals surface area contributed by atoms with Gasteiger partial charge in [0.1, 0.15) is 0 Å². The summed E-state index contributed by atoms with van der Waals surface area (Å²) in [6.07, 6.45) is 0. The first-order valence-electron chi connectivity index (χ1n) is 6.45. The van der Waals surface area contributed by atoms with Crippen molar-refractivity contribution in [3.8, 4) is 0 Å². The Kier molecular flexibility index (Phi) is 4.77. The van der Waals surface area contributed by atoms with Gasteiger partial charge in [-0.15, -0.1) is 0 Å². The number of aromatic carboxylic acids is 2. The smallest absolute Gasteiger partial charge is 0.337 e. The minimum Gasteiger partial charge on any atom is -0.478 e. The lowest BCUT2D eigenvalue weighted by molar-refractivity contribution is 0.0678. The van der Waals surface area contributed by atoms with E-state index in [4.69, 9.17) is 10.2 Å². The van der Waals surface area contributed by atoms with Crippen molar-refractivity contribution in [1.82, 2.24) is 4.72 Å². The molecule has 7 nitrogen and oxygen atoms in total. The zero-order valence-electron chi connectivity index (χ0n) is 11.8. The first-order valence-corrected chi connectivity index (χ1v) is 7.94. The van der Waals surface area contributed by atoms with Crippen LogP contribution in [0.25, 0.3) is 0 Å². The van der Waals surface area contributed by atoms with Crippen molar-refractivity contribution >= 4 is 22.0 Å². The zero-order chi connectivity index (χ0) is 17.0. The van der Waals surface area contributed by atoms with E-state index in [0.29, 0.717) is 5.56 Å². The van der Waals surface area contributed by atoms with E-state index in [1.807, 2.05) is 0 Å². The summed E-state index contributed by atoms with van der Waals surface area (Å²) in [5.41, 5.74) is -0.118. The third-order valence-corrected chi connectivity index (χ3v) is 4.50. The van der Waals surface area contributed by atoms with Crippen LogP contribution >= 0.6 is 0 Å². The van der Waals surface area contributed by atoms with Gasteiger partial charge in [-0.05, 0) is 23.8 Å². The maximum Gasteiger partial charge on any atom is 0.337 e. The van der Waals surface area contributed by atoms with E-state index in [-0.39, 0.29) is 12.1 Å². The van der Waals surface area contributed by atoms with Gasteiger partial charge in [0.05, 0.1) is 16.0 Å². The first kappa shape index (κ1) is 16.7. The molecule has 2 rings (SSSR count). The van der Waals surface area contributed by atoms with Gasteiger partial charge in [-0.1, -0.05) is 30.3 Å². The maximum absolute atomic E-state index is 12.3. The van der Waals surface area contributed by atoms with Gasteiger partial charge in [0.15, 0.2) is 0 Å². The number of hydrogen-bond acceptors (Lipinski definition) is 4. The topological polar surface area (TPSA) is 121 Å². The molecule has 0 fully saturated rings. The number of carbonyl (C=O) groups is 2. The molecule has 2 aromatic carbocycles. The second-order valence-electron chi connectivity index (χ2n) is 4.63. The largest absolute Gasteiger partial charge is 0.478 e. The molecular weight excluding hydrogens is 322 g/mol. The first-order chi connectivity index (χ1) is 10.8.